The standard InChI is InChI=1S/C12H14Br2N2O4S/c13-8-5-7(21(15,18)19)6-9(14)11(8)20-10-3-1-2-4-16-12(10)17/h5-6,10H,1-4H2,(H,16,17)(H2,15,18,19). The minimum atomic E-state index is -3.81. The monoisotopic (exact) mass is 440 g/mol. The Hall–Kier alpha value is -0.640. The first kappa shape index (κ1) is 16.7. The number of ether oxygens (including phenoxy) is 1. The number of nitrogens with one attached hydrogen (secondary N) is 1. The minimum absolute atomic E-state index is 0.0427. The van der Waals surface area contributed by atoms with Crippen LogP contribution in [0, 0.1) is 0 Å². The fourth-order valence-electron chi connectivity index (χ4n) is 1.98. The van der Waals surface area contributed by atoms with Crippen LogP contribution < -0.4 is 15.2 Å². The molecule has 1 aliphatic heterocycles. The number of carbonyl (C=O) groups is 1. The van der Waals surface area contributed by atoms with Crippen molar-refractivity contribution in [2.45, 2.75) is 30.3 Å². The molecule has 116 valence electrons. The zero-order valence-corrected chi connectivity index (χ0v) is 14.9. The predicted molar refractivity (Wildman–Crippen MR) is 84.5 cm³/mol. The Morgan fingerprint density at radius 3 is 2.43 bits per heavy atom. The Labute approximate surface area is 139 Å². The molecular formula is C12H14Br2N2O4S. The third-order valence-electron chi connectivity index (χ3n) is 3.05. The third-order valence-corrected chi connectivity index (χ3v) is 5.12. The normalized spacial score (nSPS) is 19.8. The molecule has 1 fully saturated rings. The second-order valence-corrected chi connectivity index (χ2v) is 7.92. The van der Waals surface area contributed by atoms with E-state index in [1.807, 2.05) is 0 Å². The maximum Gasteiger partial charge on any atom is 0.261 e. The minimum Gasteiger partial charge on any atom is -0.478 e. The lowest BCUT2D eigenvalue weighted by Crippen LogP contribution is -2.36. The van der Waals surface area contributed by atoms with E-state index in [0.717, 1.165) is 12.8 Å². The van der Waals surface area contributed by atoms with Crippen LogP contribution in [0.2, 0.25) is 0 Å². The summed E-state index contributed by atoms with van der Waals surface area (Å²) in [4.78, 5) is 11.8. The summed E-state index contributed by atoms with van der Waals surface area (Å²) in [6.07, 6.45) is 1.81. The smallest absolute Gasteiger partial charge is 0.261 e. The first-order valence-corrected chi connectivity index (χ1v) is 9.38. The van der Waals surface area contributed by atoms with Crippen molar-refractivity contribution in [2.24, 2.45) is 5.14 Å². The highest BCUT2D eigenvalue weighted by Crippen LogP contribution is 2.37. The van der Waals surface area contributed by atoms with Crippen LogP contribution in [-0.4, -0.2) is 27.0 Å². The van der Waals surface area contributed by atoms with Crippen LogP contribution in [0.4, 0.5) is 0 Å². The molecule has 1 aromatic carbocycles. The lowest BCUT2D eigenvalue weighted by molar-refractivity contribution is -0.127. The third kappa shape index (κ3) is 4.18. The number of benzene rings is 1. The van der Waals surface area contributed by atoms with Gasteiger partial charge in [0.05, 0.1) is 13.8 Å². The number of primary sulfonamides is 1. The molecule has 1 unspecified atom stereocenters. The number of rotatable bonds is 3. The summed E-state index contributed by atoms with van der Waals surface area (Å²) in [6, 6.07) is 2.70. The van der Waals surface area contributed by atoms with Gasteiger partial charge in [-0.25, -0.2) is 13.6 Å². The van der Waals surface area contributed by atoms with E-state index in [9.17, 15) is 13.2 Å². The van der Waals surface area contributed by atoms with E-state index in [0.29, 0.717) is 27.7 Å². The van der Waals surface area contributed by atoms with Crippen molar-refractivity contribution < 1.29 is 17.9 Å². The molecule has 0 spiro atoms. The molecule has 2 rings (SSSR count). The Kier molecular flexibility index (Phi) is 5.29. The van der Waals surface area contributed by atoms with Crippen molar-refractivity contribution in [1.29, 1.82) is 0 Å². The Balaban J connectivity index is 2.30. The fourth-order valence-corrected chi connectivity index (χ4v) is 4.22. The van der Waals surface area contributed by atoms with Gasteiger partial charge in [-0.3, -0.25) is 4.79 Å². The van der Waals surface area contributed by atoms with Crippen molar-refractivity contribution in [1.82, 2.24) is 5.32 Å². The molecule has 1 heterocycles. The zero-order valence-electron chi connectivity index (χ0n) is 10.9. The molecule has 1 atom stereocenters. The number of halogens is 2. The van der Waals surface area contributed by atoms with E-state index < -0.39 is 16.1 Å². The van der Waals surface area contributed by atoms with Crippen molar-refractivity contribution in [3.05, 3.63) is 21.1 Å². The second kappa shape index (κ2) is 6.64. The highest BCUT2D eigenvalue weighted by Gasteiger charge is 2.25. The number of nitrogens with two attached hydrogens (primary N) is 1. The maximum absolute atomic E-state index is 11.9. The summed E-state index contributed by atoms with van der Waals surface area (Å²) in [5.41, 5.74) is 0. The summed E-state index contributed by atoms with van der Waals surface area (Å²) in [5, 5.41) is 7.88. The van der Waals surface area contributed by atoms with Gasteiger partial charge in [0.15, 0.2) is 6.10 Å². The van der Waals surface area contributed by atoms with Gasteiger partial charge in [-0.1, -0.05) is 0 Å². The van der Waals surface area contributed by atoms with Crippen LogP contribution in [0.1, 0.15) is 19.3 Å². The van der Waals surface area contributed by atoms with Crippen LogP contribution in [0.5, 0.6) is 5.75 Å². The molecular weight excluding hydrogens is 428 g/mol. The van der Waals surface area contributed by atoms with E-state index in [-0.39, 0.29) is 10.8 Å². The summed E-state index contributed by atoms with van der Waals surface area (Å²) in [5.74, 6) is 0.214. The summed E-state index contributed by atoms with van der Waals surface area (Å²) < 4.78 is 29.3. The molecule has 3 N–H and O–H groups in total. The van der Waals surface area contributed by atoms with Crippen LogP contribution in [-0.2, 0) is 14.8 Å². The Morgan fingerprint density at radius 1 is 1.24 bits per heavy atom. The van der Waals surface area contributed by atoms with Gasteiger partial charge in [-0.2, -0.15) is 0 Å². The van der Waals surface area contributed by atoms with Crippen molar-refractivity contribution in [2.75, 3.05) is 6.54 Å². The van der Waals surface area contributed by atoms with Crippen molar-refractivity contribution in [3.63, 3.8) is 0 Å². The molecule has 0 aromatic heterocycles. The molecule has 1 saturated heterocycles. The van der Waals surface area contributed by atoms with Crippen LogP contribution >= 0.6 is 31.9 Å². The van der Waals surface area contributed by atoms with Gasteiger partial charge < -0.3 is 10.1 Å². The predicted octanol–water partition coefficient (Wildman–Crippen LogP) is 1.91. The Bertz CT molecular complexity index is 640. The van der Waals surface area contributed by atoms with Crippen molar-refractivity contribution in [3.8, 4) is 5.75 Å². The van der Waals surface area contributed by atoms with Gasteiger partial charge in [0.1, 0.15) is 5.75 Å². The molecule has 6 nitrogen and oxygen atoms in total. The van der Waals surface area contributed by atoms with Crippen molar-refractivity contribution >= 4 is 47.8 Å². The van der Waals surface area contributed by atoms with Gasteiger partial charge in [-0.05, 0) is 63.3 Å². The number of sulfonamides is 1. The largest absolute Gasteiger partial charge is 0.478 e. The van der Waals surface area contributed by atoms with Crippen LogP contribution in [0.25, 0.3) is 0 Å². The molecule has 1 amide bonds. The topological polar surface area (TPSA) is 98.5 Å². The number of hydrogen-bond donors (Lipinski definition) is 2. The Morgan fingerprint density at radius 2 is 1.86 bits per heavy atom. The van der Waals surface area contributed by atoms with Gasteiger partial charge >= 0.3 is 0 Å². The average molecular weight is 442 g/mol. The van der Waals surface area contributed by atoms with E-state index in [1.165, 1.54) is 12.1 Å². The molecule has 0 saturated carbocycles. The van der Waals surface area contributed by atoms with Gasteiger partial charge in [-0.15, -0.1) is 0 Å². The molecule has 21 heavy (non-hydrogen) atoms. The molecule has 0 bridgehead atoms. The molecule has 0 aliphatic carbocycles. The van der Waals surface area contributed by atoms with E-state index in [4.69, 9.17) is 9.88 Å². The molecule has 9 heteroatoms. The van der Waals surface area contributed by atoms with Crippen LogP contribution in [0.15, 0.2) is 26.0 Å². The number of hydrogen-bond acceptors (Lipinski definition) is 4. The number of carbonyl (C=O) groups excluding carboxylic acids is 1. The SMILES string of the molecule is NS(=O)(=O)c1cc(Br)c(OC2CCCCNC2=O)c(Br)c1. The summed E-state index contributed by atoms with van der Waals surface area (Å²) >= 11 is 6.50. The highest BCUT2D eigenvalue weighted by atomic mass is 79.9. The summed E-state index contributed by atoms with van der Waals surface area (Å²) in [7, 11) is -3.81. The molecule has 1 aliphatic rings. The lowest BCUT2D eigenvalue weighted by Gasteiger charge is -2.18. The van der Waals surface area contributed by atoms with Gasteiger partial charge in [0, 0.05) is 6.54 Å². The lowest BCUT2D eigenvalue weighted by atomic mass is 10.2. The summed E-state index contributed by atoms with van der Waals surface area (Å²) in [6.45, 7) is 0.644. The van der Waals surface area contributed by atoms with Gasteiger partial charge in [0.25, 0.3) is 5.91 Å². The van der Waals surface area contributed by atoms with Crippen LogP contribution in [0.3, 0.4) is 0 Å². The van der Waals surface area contributed by atoms with E-state index >= 15 is 0 Å². The second-order valence-electron chi connectivity index (χ2n) is 4.65. The quantitative estimate of drug-likeness (QED) is 0.748. The molecule has 1 aromatic rings. The molecule has 0 radical (unpaired) electrons. The first-order chi connectivity index (χ1) is 9.79. The zero-order chi connectivity index (χ0) is 15.6. The maximum atomic E-state index is 11.9. The van der Waals surface area contributed by atoms with E-state index in [1.54, 1.807) is 0 Å². The number of amides is 1. The fraction of sp³-hybridized carbons (Fsp3) is 0.417. The highest BCUT2D eigenvalue weighted by molar-refractivity contribution is 9.11. The van der Waals surface area contributed by atoms with E-state index in [2.05, 4.69) is 37.2 Å². The van der Waals surface area contributed by atoms with Gasteiger partial charge in [0.2, 0.25) is 10.0 Å². The first-order valence-electron chi connectivity index (χ1n) is 6.25. The average Bonchev–Trinajstić information content (AvgIpc) is 2.57.